The van der Waals surface area contributed by atoms with Crippen LogP contribution in [0.2, 0.25) is 0 Å². The Kier molecular flexibility index (Phi) is 2.03. The van der Waals surface area contributed by atoms with Gasteiger partial charge in [-0.15, -0.1) is 0 Å². The summed E-state index contributed by atoms with van der Waals surface area (Å²) in [6.07, 6.45) is 6.91. The maximum atomic E-state index is 11.6. The molecule has 0 fully saturated rings. The van der Waals surface area contributed by atoms with Crippen molar-refractivity contribution in [2.24, 2.45) is 5.41 Å². The molecule has 16 heavy (non-hydrogen) atoms. The number of benzene rings is 1. The number of allylic oxidation sites excluding steroid dienone is 2. The highest BCUT2D eigenvalue weighted by Gasteiger charge is 2.40. The van der Waals surface area contributed by atoms with Crippen LogP contribution in [-0.4, -0.2) is 5.78 Å². The van der Waals surface area contributed by atoms with E-state index in [1.807, 2.05) is 0 Å². The van der Waals surface area contributed by atoms with Crippen molar-refractivity contribution in [2.45, 2.75) is 32.1 Å². The zero-order valence-electron chi connectivity index (χ0n) is 9.57. The summed E-state index contributed by atoms with van der Waals surface area (Å²) >= 11 is 0. The number of hydrogen-bond acceptors (Lipinski definition) is 1. The first-order chi connectivity index (χ1) is 7.69. The molecule has 0 unspecified atom stereocenters. The molecule has 0 amide bonds. The van der Waals surface area contributed by atoms with E-state index in [0.717, 1.165) is 6.42 Å². The first-order valence-corrected chi connectivity index (χ1v) is 5.99. The van der Waals surface area contributed by atoms with Crippen LogP contribution < -0.4 is 0 Å². The first-order valence-electron chi connectivity index (χ1n) is 5.99. The second-order valence-electron chi connectivity index (χ2n) is 5.26. The number of carbonyl (C=O) groups is 1. The van der Waals surface area contributed by atoms with Gasteiger partial charge in [0.1, 0.15) is 0 Å². The molecule has 1 nitrogen and oxygen atoms in total. The Morgan fingerprint density at radius 2 is 2.12 bits per heavy atom. The monoisotopic (exact) mass is 212 g/mol. The Bertz CT molecular complexity index is 472. The van der Waals surface area contributed by atoms with Gasteiger partial charge in [-0.3, -0.25) is 4.79 Å². The fraction of sp³-hybridized carbons (Fsp3) is 0.400. The molecule has 1 aromatic rings. The third-order valence-corrected chi connectivity index (χ3v) is 4.21. The molecule has 0 heterocycles. The zero-order chi connectivity index (χ0) is 11.2. The lowest BCUT2D eigenvalue weighted by atomic mass is 9.61. The second kappa shape index (κ2) is 3.31. The van der Waals surface area contributed by atoms with E-state index in [-0.39, 0.29) is 11.2 Å². The van der Waals surface area contributed by atoms with E-state index in [0.29, 0.717) is 12.3 Å². The highest BCUT2D eigenvalue weighted by molar-refractivity contribution is 5.91. The van der Waals surface area contributed by atoms with Crippen molar-refractivity contribution in [1.82, 2.24) is 0 Å². The Labute approximate surface area is 96.2 Å². The molecule has 1 heteroatoms. The van der Waals surface area contributed by atoms with Gasteiger partial charge in [0.15, 0.2) is 5.78 Å². The van der Waals surface area contributed by atoms with Gasteiger partial charge in [0, 0.05) is 12.3 Å². The molecule has 0 radical (unpaired) electrons. The summed E-state index contributed by atoms with van der Waals surface area (Å²) in [6, 6.07) is 8.59. The highest BCUT2D eigenvalue weighted by atomic mass is 16.1. The van der Waals surface area contributed by atoms with Crippen molar-refractivity contribution < 1.29 is 4.79 Å². The van der Waals surface area contributed by atoms with Crippen molar-refractivity contribution in [3.8, 4) is 0 Å². The van der Waals surface area contributed by atoms with E-state index < -0.39 is 0 Å². The van der Waals surface area contributed by atoms with Gasteiger partial charge >= 0.3 is 0 Å². The van der Waals surface area contributed by atoms with Crippen LogP contribution in [0.5, 0.6) is 0 Å². The van der Waals surface area contributed by atoms with Crippen LogP contribution >= 0.6 is 0 Å². The molecule has 0 saturated carbocycles. The van der Waals surface area contributed by atoms with Crippen LogP contribution in [0.15, 0.2) is 36.4 Å². The van der Waals surface area contributed by atoms with Gasteiger partial charge in [-0.2, -0.15) is 0 Å². The number of ketones is 1. The molecule has 1 aromatic carbocycles. The van der Waals surface area contributed by atoms with Crippen LogP contribution in [0.4, 0.5) is 0 Å². The molecule has 0 saturated heterocycles. The molecule has 0 bridgehead atoms. The summed E-state index contributed by atoms with van der Waals surface area (Å²) in [4.78, 5) is 11.6. The number of rotatable bonds is 0. The first kappa shape index (κ1) is 9.83. The zero-order valence-corrected chi connectivity index (χ0v) is 9.57. The standard InChI is InChI=1S/C15H16O/c1-15-8-6-11-4-2-3-5-13(11)14(15)10-12(16)7-9-15/h2-5,7,9,14H,6,8,10H2,1H3/t14-,15+/m0/s1. The lowest BCUT2D eigenvalue weighted by Crippen LogP contribution is -2.33. The summed E-state index contributed by atoms with van der Waals surface area (Å²) in [5.74, 6) is 0.675. The van der Waals surface area contributed by atoms with E-state index in [1.54, 1.807) is 6.08 Å². The smallest absolute Gasteiger partial charge is 0.156 e. The summed E-state index contributed by atoms with van der Waals surface area (Å²) < 4.78 is 0. The predicted octanol–water partition coefficient (Wildman–Crippen LogP) is 3.25. The minimum Gasteiger partial charge on any atom is -0.295 e. The third-order valence-electron chi connectivity index (χ3n) is 4.21. The molecule has 2 atom stereocenters. The van der Waals surface area contributed by atoms with Gasteiger partial charge in [0.2, 0.25) is 0 Å². The maximum absolute atomic E-state index is 11.6. The fourth-order valence-electron chi connectivity index (χ4n) is 3.13. The molecule has 0 aliphatic heterocycles. The van der Waals surface area contributed by atoms with Gasteiger partial charge in [0.25, 0.3) is 0 Å². The van der Waals surface area contributed by atoms with E-state index in [4.69, 9.17) is 0 Å². The molecular formula is C15H16O. The van der Waals surface area contributed by atoms with Crippen molar-refractivity contribution in [1.29, 1.82) is 0 Å². The average Bonchev–Trinajstić information content (AvgIpc) is 2.31. The molecule has 2 aliphatic carbocycles. The normalized spacial score (nSPS) is 32.1. The van der Waals surface area contributed by atoms with Crippen molar-refractivity contribution >= 4 is 5.78 Å². The van der Waals surface area contributed by atoms with Gasteiger partial charge in [-0.1, -0.05) is 37.3 Å². The highest BCUT2D eigenvalue weighted by Crippen LogP contribution is 2.49. The van der Waals surface area contributed by atoms with Crippen LogP contribution in [0.25, 0.3) is 0 Å². The van der Waals surface area contributed by atoms with Crippen molar-refractivity contribution in [3.63, 3.8) is 0 Å². The van der Waals surface area contributed by atoms with E-state index in [9.17, 15) is 4.79 Å². The SMILES string of the molecule is C[C@@]12C=CC(=O)C[C@H]1c1ccccc1CC2. The third kappa shape index (κ3) is 1.35. The number of carbonyl (C=O) groups excluding carboxylic acids is 1. The fourth-order valence-corrected chi connectivity index (χ4v) is 3.13. The van der Waals surface area contributed by atoms with Crippen LogP contribution in [0.1, 0.15) is 36.8 Å². The quantitative estimate of drug-likeness (QED) is 0.645. The van der Waals surface area contributed by atoms with Crippen LogP contribution in [-0.2, 0) is 11.2 Å². The van der Waals surface area contributed by atoms with E-state index in [2.05, 4.69) is 37.3 Å². The summed E-state index contributed by atoms with van der Waals surface area (Å²) in [6.45, 7) is 2.29. The molecule has 3 rings (SSSR count). The minimum atomic E-state index is 0.197. The summed E-state index contributed by atoms with van der Waals surface area (Å²) in [7, 11) is 0. The lowest BCUT2D eigenvalue weighted by Gasteiger charge is -2.42. The molecule has 82 valence electrons. The predicted molar refractivity (Wildman–Crippen MR) is 64.4 cm³/mol. The Morgan fingerprint density at radius 3 is 3.00 bits per heavy atom. The topological polar surface area (TPSA) is 17.1 Å². The average molecular weight is 212 g/mol. The lowest BCUT2D eigenvalue weighted by molar-refractivity contribution is -0.116. The van der Waals surface area contributed by atoms with Crippen LogP contribution in [0.3, 0.4) is 0 Å². The Morgan fingerprint density at radius 1 is 1.31 bits per heavy atom. The second-order valence-corrected chi connectivity index (χ2v) is 5.26. The van der Waals surface area contributed by atoms with Gasteiger partial charge in [-0.25, -0.2) is 0 Å². The number of aryl methyl sites for hydroxylation is 1. The van der Waals surface area contributed by atoms with Crippen molar-refractivity contribution in [2.75, 3.05) is 0 Å². The van der Waals surface area contributed by atoms with E-state index >= 15 is 0 Å². The largest absolute Gasteiger partial charge is 0.295 e. The van der Waals surface area contributed by atoms with E-state index in [1.165, 1.54) is 17.5 Å². The molecular weight excluding hydrogens is 196 g/mol. The van der Waals surface area contributed by atoms with Crippen LogP contribution in [0, 0.1) is 5.41 Å². The maximum Gasteiger partial charge on any atom is 0.156 e. The Hall–Kier alpha value is -1.37. The van der Waals surface area contributed by atoms with Gasteiger partial charge in [-0.05, 0) is 35.5 Å². The number of hydrogen-bond donors (Lipinski definition) is 0. The summed E-state index contributed by atoms with van der Waals surface area (Å²) in [5, 5.41) is 0. The molecule has 0 N–H and O–H groups in total. The molecule has 0 aromatic heterocycles. The van der Waals surface area contributed by atoms with Gasteiger partial charge in [0.05, 0.1) is 0 Å². The Balaban J connectivity index is 2.12. The molecule has 2 aliphatic rings. The number of fused-ring (bicyclic) bond motifs is 3. The van der Waals surface area contributed by atoms with Gasteiger partial charge < -0.3 is 0 Å². The minimum absolute atomic E-state index is 0.197. The van der Waals surface area contributed by atoms with Crippen molar-refractivity contribution in [3.05, 3.63) is 47.5 Å². The summed E-state index contributed by atoms with van der Waals surface area (Å²) in [5.41, 5.74) is 3.03. The molecule has 0 spiro atoms.